The van der Waals surface area contributed by atoms with Crippen molar-refractivity contribution < 1.29 is 0 Å². The number of aromatic nitrogens is 1. The number of fused-ring (bicyclic) bond motifs is 1. The SMILES string of the molecule is CC(C)Cn1c(-c2ccccc2)cc2c1CCC2. The molecular formula is C17H21N. The van der Waals surface area contributed by atoms with Gasteiger partial charge in [-0.25, -0.2) is 0 Å². The molecular weight excluding hydrogens is 218 g/mol. The van der Waals surface area contributed by atoms with Crippen LogP contribution in [0.3, 0.4) is 0 Å². The van der Waals surface area contributed by atoms with Gasteiger partial charge in [0.25, 0.3) is 0 Å². The van der Waals surface area contributed by atoms with Crippen LogP contribution in [0.5, 0.6) is 0 Å². The zero-order valence-corrected chi connectivity index (χ0v) is 11.3. The van der Waals surface area contributed by atoms with E-state index in [4.69, 9.17) is 0 Å². The fourth-order valence-electron chi connectivity index (χ4n) is 3.03. The van der Waals surface area contributed by atoms with Crippen molar-refractivity contribution in [1.82, 2.24) is 4.57 Å². The molecule has 3 rings (SSSR count). The van der Waals surface area contributed by atoms with Crippen LogP contribution < -0.4 is 0 Å². The summed E-state index contributed by atoms with van der Waals surface area (Å²) in [5, 5.41) is 0. The maximum absolute atomic E-state index is 2.56. The molecule has 2 aromatic rings. The van der Waals surface area contributed by atoms with Crippen molar-refractivity contribution in [3.8, 4) is 11.3 Å². The smallest absolute Gasteiger partial charge is 0.0485 e. The van der Waals surface area contributed by atoms with Gasteiger partial charge in [0.15, 0.2) is 0 Å². The van der Waals surface area contributed by atoms with E-state index in [1.165, 1.54) is 30.5 Å². The molecule has 1 aliphatic carbocycles. The van der Waals surface area contributed by atoms with E-state index in [-0.39, 0.29) is 0 Å². The summed E-state index contributed by atoms with van der Waals surface area (Å²) in [6.45, 7) is 5.74. The highest BCUT2D eigenvalue weighted by Crippen LogP contribution is 2.32. The molecule has 0 unspecified atom stereocenters. The molecule has 0 bridgehead atoms. The molecule has 1 aliphatic rings. The summed E-state index contributed by atoms with van der Waals surface area (Å²) in [5.74, 6) is 0.699. The van der Waals surface area contributed by atoms with Crippen molar-refractivity contribution in [1.29, 1.82) is 0 Å². The predicted octanol–water partition coefficient (Wildman–Crippen LogP) is 4.30. The molecule has 1 nitrogen and oxygen atoms in total. The Morgan fingerprint density at radius 3 is 2.61 bits per heavy atom. The Balaban J connectivity index is 2.09. The van der Waals surface area contributed by atoms with E-state index in [2.05, 4.69) is 54.8 Å². The Kier molecular flexibility index (Phi) is 2.99. The molecule has 0 aliphatic heterocycles. The summed E-state index contributed by atoms with van der Waals surface area (Å²) >= 11 is 0. The summed E-state index contributed by atoms with van der Waals surface area (Å²) < 4.78 is 2.56. The van der Waals surface area contributed by atoms with Gasteiger partial charge in [0, 0.05) is 17.9 Å². The van der Waals surface area contributed by atoms with Gasteiger partial charge >= 0.3 is 0 Å². The molecule has 1 heteroatoms. The van der Waals surface area contributed by atoms with E-state index in [0.717, 1.165) is 6.54 Å². The number of rotatable bonds is 3. The van der Waals surface area contributed by atoms with Crippen LogP contribution >= 0.6 is 0 Å². The first-order valence-corrected chi connectivity index (χ1v) is 7.02. The minimum atomic E-state index is 0.699. The molecule has 0 amide bonds. The molecule has 1 heterocycles. The fraction of sp³-hybridized carbons (Fsp3) is 0.412. The maximum atomic E-state index is 2.56. The van der Waals surface area contributed by atoms with E-state index in [0.29, 0.717) is 5.92 Å². The first-order valence-electron chi connectivity index (χ1n) is 7.02. The summed E-state index contributed by atoms with van der Waals surface area (Å²) in [6.07, 6.45) is 3.85. The third kappa shape index (κ3) is 1.98. The molecule has 0 saturated heterocycles. The normalized spacial score (nSPS) is 14.2. The minimum absolute atomic E-state index is 0.699. The van der Waals surface area contributed by atoms with Crippen molar-refractivity contribution in [3.05, 3.63) is 47.7 Å². The molecule has 0 fully saturated rings. The van der Waals surface area contributed by atoms with Crippen molar-refractivity contribution in [2.75, 3.05) is 0 Å². The van der Waals surface area contributed by atoms with Crippen molar-refractivity contribution in [2.24, 2.45) is 5.92 Å². The number of benzene rings is 1. The summed E-state index contributed by atoms with van der Waals surface area (Å²) in [4.78, 5) is 0. The highest BCUT2D eigenvalue weighted by Gasteiger charge is 2.20. The Labute approximate surface area is 109 Å². The van der Waals surface area contributed by atoms with Gasteiger partial charge < -0.3 is 4.57 Å². The molecule has 0 N–H and O–H groups in total. The van der Waals surface area contributed by atoms with E-state index in [1.807, 2.05) is 0 Å². The molecule has 0 atom stereocenters. The quantitative estimate of drug-likeness (QED) is 0.752. The number of hydrogen-bond acceptors (Lipinski definition) is 0. The Bertz CT molecular complexity index is 534. The second kappa shape index (κ2) is 4.64. The van der Waals surface area contributed by atoms with Gasteiger partial charge in [-0.05, 0) is 42.4 Å². The van der Waals surface area contributed by atoms with Gasteiger partial charge in [-0.1, -0.05) is 44.2 Å². The minimum Gasteiger partial charge on any atom is -0.344 e. The van der Waals surface area contributed by atoms with Crippen LogP contribution in [0.1, 0.15) is 31.5 Å². The predicted molar refractivity (Wildman–Crippen MR) is 76.7 cm³/mol. The summed E-state index contributed by atoms with van der Waals surface area (Å²) in [7, 11) is 0. The van der Waals surface area contributed by atoms with Gasteiger partial charge in [-0.2, -0.15) is 0 Å². The Morgan fingerprint density at radius 2 is 1.89 bits per heavy atom. The standard InChI is InChI=1S/C17H21N/c1-13(2)12-18-16-10-6-9-15(16)11-17(18)14-7-4-3-5-8-14/h3-5,7-8,11,13H,6,9-10,12H2,1-2H3. The third-order valence-corrected chi connectivity index (χ3v) is 3.78. The number of hydrogen-bond donors (Lipinski definition) is 0. The van der Waals surface area contributed by atoms with E-state index < -0.39 is 0 Å². The van der Waals surface area contributed by atoms with Crippen LogP contribution in [0.4, 0.5) is 0 Å². The lowest BCUT2D eigenvalue weighted by Crippen LogP contribution is -2.08. The molecule has 18 heavy (non-hydrogen) atoms. The first-order chi connectivity index (χ1) is 8.75. The highest BCUT2D eigenvalue weighted by atomic mass is 15.0. The van der Waals surface area contributed by atoms with Gasteiger partial charge in [0.1, 0.15) is 0 Å². The molecule has 1 aromatic carbocycles. The highest BCUT2D eigenvalue weighted by molar-refractivity contribution is 5.63. The van der Waals surface area contributed by atoms with Crippen LogP contribution in [-0.2, 0) is 19.4 Å². The number of nitrogens with zero attached hydrogens (tertiary/aromatic N) is 1. The largest absolute Gasteiger partial charge is 0.344 e. The zero-order chi connectivity index (χ0) is 12.5. The van der Waals surface area contributed by atoms with Crippen molar-refractivity contribution in [3.63, 3.8) is 0 Å². The lowest BCUT2D eigenvalue weighted by Gasteiger charge is -2.15. The second-order valence-electron chi connectivity index (χ2n) is 5.73. The monoisotopic (exact) mass is 239 g/mol. The zero-order valence-electron chi connectivity index (χ0n) is 11.3. The lowest BCUT2D eigenvalue weighted by molar-refractivity contribution is 0.516. The van der Waals surface area contributed by atoms with Crippen LogP contribution in [0.15, 0.2) is 36.4 Å². The third-order valence-electron chi connectivity index (χ3n) is 3.78. The topological polar surface area (TPSA) is 4.93 Å². The van der Waals surface area contributed by atoms with Crippen LogP contribution in [0.25, 0.3) is 11.3 Å². The Morgan fingerprint density at radius 1 is 1.11 bits per heavy atom. The maximum Gasteiger partial charge on any atom is 0.0485 e. The van der Waals surface area contributed by atoms with E-state index in [1.54, 1.807) is 11.3 Å². The van der Waals surface area contributed by atoms with Gasteiger partial charge in [-0.3, -0.25) is 0 Å². The summed E-state index contributed by atoms with van der Waals surface area (Å²) in [6, 6.07) is 13.2. The fourth-order valence-corrected chi connectivity index (χ4v) is 3.03. The molecule has 94 valence electrons. The van der Waals surface area contributed by atoms with Gasteiger partial charge in [-0.15, -0.1) is 0 Å². The summed E-state index contributed by atoms with van der Waals surface area (Å²) in [5.41, 5.74) is 5.93. The molecule has 0 spiro atoms. The van der Waals surface area contributed by atoms with Crippen molar-refractivity contribution >= 4 is 0 Å². The lowest BCUT2D eigenvalue weighted by atomic mass is 10.1. The molecule has 0 saturated carbocycles. The van der Waals surface area contributed by atoms with Crippen LogP contribution in [0, 0.1) is 5.92 Å². The van der Waals surface area contributed by atoms with Crippen LogP contribution in [-0.4, -0.2) is 4.57 Å². The average molecular weight is 239 g/mol. The van der Waals surface area contributed by atoms with Crippen LogP contribution in [0.2, 0.25) is 0 Å². The second-order valence-corrected chi connectivity index (χ2v) is 5.73. The first kappa shape index (κ1) is 11.6. The molecule has 1 aromatic heterocycles. The average Bonchev–Trinajstić information content (AvgIpc) is 2.93. The Hall–Kier alpha value is -1.50. The van der Waals surface area contributed by atoms with Gasteiger partial charge in [0.2, 0.25) is 0 Å². The van der Waals surface area contributed by atoms with Crippen molar-refractivity contribution in [2.45, 2.75) is 39.7 Å². The van der Waals surface area contributed by atoms with E-state index in [9.17, 15) is 0 Å². The number of aryl methyl sites for hydroxylation is 1. The molecule has 0 radical (unpaired) electrons. The van der Waals surface area contributed by atoms with E-state index >= 15 is 0 Å². The van der Waals surface area contributed by atoms with Gasteiger partial charge in [0.05, 0.1) is 0 Å².